The summed E-state index contributed by atoms with van der Waals surface area (Å²) in [6.45, 7) is 4.02. The number of fused-ring (bicyclic) bond motifs is 1. The van der Waals surface area contributed by atoms with E-state index in [9.17, 15) is 4.79 Å². The third-order valence-corrected chi connectivity index (χ3v) is 4.59. The molecule has 0 radical (unpaired) electrons. The van der Waals surface area contributed by atoms with Crippen molar-refractivity contribution in [2.45, 2.75) is 6.54 Å². The highest BCUT2D eigenvalue weighted by molar-refractivity contribution is 5.91. The molecule has 0 atom stereocenters. The summed E-state index contributed by atoms with van der Waals surface area (Å²) in [5.41, 5.74) is 1.81. The van der Waals surface area contributed by atoms with Crippen molar-refractivity contribution in [3.05, 3.63) is 43.0 Å². The summed E-state index contributed by atoms with van der Waals surface area (Å²) in [6.07, 6.45) is 3.18. The minimum atomic E-state index is -0.142. The van der Waals surface area contributed by atoms with Crippen LogP contribution in [0.25, 0.3) is 11.0 Å². The molecule has 1 aromatic carbocycles. The molecule has 2 aromatic heterocycles. The maximum atomic E-state index is 12.4. The van der Waals surface area contributed by atoms with Gasteiger partial charge in [0.15, 0.2) is 0 Å². The molecule has 8 nitrogen and oxygen atoms in total. The van der Waals surface area contributed by atoms with Gasteiger partial charge in [-0.25, -0.2) is 15.0 Å². The Bertz CT molecular complexity index is 915. The van der Waals surface area contributed by atoms with E-state index in [0.29, 0.717) is 5.82 Å². The molecule has 3 heterocycles. The summed E-state index contributed by atoms with van der Waals surface area (Å²) >= 11 is 0. The zero-order valence-electron chi connectivity index (χ0n) is 14.7. The zero-order valence-corrected chi connectivity index (χ0v) is 14.7. The molecule has 26 heavy (non-hydrogen) atoms. The van der Waals surface area contributed by atoms with E-state index in [0.717, 1.165) is 43.0 Å². The number of rotatable bonds is 4. The average Bonchev–Trinajstić information content (AvgIpc) is 3.05. The summed E-state index contributed by atoms with van der Waals surface area (Å²) in [4.78, 5) is 29.7. The van der Waals surface area contributed by atoms with Crippen LogP contribution in [0.15, 0.2) is 43.0 Å². The van der Waals surface area contributed by atoms with Crippen molar-refractivity contribution >= 4 is 28.6 Å². The molecular weight excluding hydrogens is 330 g/mol. The molecule has 1 saturated heterocycles. The Hall–Kier alpha value is -3.00. The Morgan fingerprint density at radius 3 is 2.77 bits per heavy atom. The fourth-order valence-electron chi connectivity index (χ4n) is 3.10. The van der Waals surface area contributed by atoms with E-state index in [1.54, 1.807) is 6.33 Å². The quantitative estimate of drug-likeness (QED) is 0.761. The number of amides is 1. The number of nitrogens with zero attached hydrogens (tertiary/aromatic N) is 6. The minimum absolute atomic E-state index is 0.142. The molecule has 134 valence electrons. The van der Waals surface area contributed by atoms with E-state index in [1.807, 2.05) is 34.9 Å². The van der Waals surface area contributed by atoms with Gasteiger partial charge in [0.2, 0.25) is 5.91 Å². The third-order valence-electron chi connectivity index (χ3n) is 4.59. The molecule has 0 spiro atoms. The molecule has 3 aromatic rings. The van der Waals surface area contributed by atoms with Crippen molar-refractivity contribution < 1.29 is 4.79 Å². The SMILES string of the molecule is CN1CCN(c2cc(NC(=O)Cn3cnc4ccccc43)ncn2)CC1. The van der Waals surface area contributed by atoms with Gasteiger partial charge in [0, 0.05) is 32.2 Å². The highest BCUT2D eigenvalue weighted by Gasteiger charge is 2.16. The van der Waals surface area contributed by atoms with Gasteiger partial charge in [-0.3, -0.25) is 4.79 Å². The molecule has 1 fully saturated rings. The first kappa shape index (κ1) is 16.5. The second kappa shape index (κ2) is 7.09. The number of para-hydroxylation sites is 2. The van der Waals surface area contributed by atoms with Crippen LogP contribution in [0, 0.1) is 0 Å². The molecule has 0 bridgehead atoms. The number of carbonyl (C=O) groups is 1. The van der Waals surface area contributed by atoms with Crippen molar-refractivity contribution in [3.8, 4) is 0 Å². The number of hydrogen-bond donors (Lipinski definition) is 1. The van der Waals surface area contributed by atoms with E-state index in [4.69, 9.17) is 0 Å². The lowest BCUT2D eigenvalue weighted by Crippen LogP contribution is -2.44. The monoisotopic (exact) mass is 351 g/mol. The maximum Gasteiger partial charge on any atom is 0.245 e. The molecule has 1 amide bonds. The van der Waals surface area contributed by atoms with Crippen LogP contribution in [0.3, 0.4) is 0 Å². The van der Waals surface area contributed by atoms with E-state index in [2.05, 4.69) is 37.1 Å². The van der Waals surface area contributed by atoms with Crippen molar-refractivity contribution in [3.63, 3.8) is 0 Å². The fraction of sp³-hybridized carbons (Fsp3) is 0.333. The van der Waals surface area contributed by atoms with E-state index < -0.39 is 0 Å². The van der Waals surface area contributed by atoms with Crippen LogP contribution in [0.1, 0.15) is 0 Å². The number of likely N-dealkylation sites (N-methyl/N-ethyl adjacent to an activating group) is 1. The Morgan fingerprint density at radius 2 is 1.92 bits per heavy atom. The van der Waals surface area contributed by atoms with Gasteiger partial charge < -0.3 is 19.7 Å². The van der Waals surface area contributed by atoms with Gasteiger partial charge in [-0.05, 0) is 19.2 Å². The Kier molecular flexibility index (Phi) is 4.49. The predicted molar refractivity (Wildman–Crippen MR) is 100 cm³/mol. The van der Waals surface area contributed by atoms with Gasteiger partial charge in [-0.2, -0.15) is 0 Å². The first-order valence-corrected chi connectivity index (χ1v) is 8.64. The molecule has 1 aliphatic heterocycles. The molecular formula is C18H21N7O. The number of hydrogen-bond acceptors (Lipinski definition) is 6. The van der Waals surface area contributed by atoms with Gasteiger partial charge in [0.1, 0.15) is 24.5 Å². The fourth-order valence-corrected chi connectivity index (χ4v) is 3.10. The smallest absolute Gasteiger partial charge is 0.245 e. The molecule has 1 N–H and O–H groups in total. The van der Waals surface area contributed by atoms with Gasteiger partial charge in [0.25, 0.3) is 0 Å². The first-order valence-electron chi connectivity index (χ1n) is 8.64. The van der Waals surface area contributed by atoms with Crippen LogP contribution in [0.4, 0.5) is 11.6 Å². The number of nitrogens with one attached hydrogen (secondary N) is 1. The van der Waals surface area contributed by atoms with E-state index >= 15 is 0 Å². The third kappa shape index (κ3) is 3.50. The van der Waals surface area contributed by atoms with Gasteiger partial charge in [-0.15, -0.1) is 0 Å². The maximum absolute atomic E-state index is 12.4. The second-order valence-corrected chi connectivity index (χ2v) is 6.46. The van der Waals surface area contributed by atoms with Crippen LogP contribution in [0.2, 0.25) is 0 Å². The predicted octanol–water partition coefficient (Wildman–Crippen LogP) is 1.22. The largest absolute Gasteiger partial charge is 0.354 e. The van der Waals surface area contributed by atoms with E-state index in [-0.39, 0.29) is 12.5 Å². The van der Waals surface area contributed by atoms with Crippen LogP contribution >= 0.6 is 0 Å². The lowest BCUT2D eigenvalue weighted by molar-refractivity contribution is -0.116. The number of piperazine rings is 1. The van der Waals surface area contributed by atoms with Crippen molar-refractivity contribution in [2.75, 3.05) is 43.4 Å². The van der Waals surface area contributed by atoms with Crippen molar-refractivity contribution in [1.82, 2.24) is 24.4 Å². The van der Waals surface area contributed by atoms with Gasteiger partial charge in [-0.1, -0.05) is 12.1 Å². The average molecular weight is 351 g/mol. The Balaban J connectivity index is 1.43. The van der Waals surface area contributed by atoms with Crippen LogP contribution in [-0.4, -0.2) is 63.6 Å². The van der Waals surface area contributed by atoms with Crippen LogP contribution < -0.4 is 10.2 Å². The number of carbonyl (C=O) groups excluding carboxylic acids is 1. The number of benzene rings is 1. The zero-order chi connectivity index (χ0) is 17.9. The normalized spacial score (nSPS) is 15.3. The minimum Gasteiger partial charge on any atom is -0.354 e. The summed E-state index contributed by atoms with van der Waals surface area (Å²) in [6, 6.07) is 9.57. The van der Waals surface area contributed by atoms with Crippen molar-refractivity contribution in [2.24, 2.45) is 0 Å². The standard InChI is InChI=1S/C18H21N7O/c1-23-6-8-24(9-7-23)17-10-16(19-12-20-17)22-18(26)11-25-13-21-14-4-2-3-5-15(14)25/h2-5,10,12-13H,6-9,11H2,1H3,(H,19,20,22,26). The molecule has 0 aliphatic carbocycles. The van der Waals surface area contributed by atoms with Gasteiger partial charge >= 0.3 is 0 Å². The Labute approximate surface area is 151 Å². The summed E-state index contributed by atoms with van der Waals surface area (Å²) in [5, 5.41) is 2.86. The number of aromatic nitrogens is 4. The molecule has 0 unspecified atom stereocenters. The lowest BCUT2D eigenvalue weighted by atomic mass is 10.3. The molecule has 4 rings (SSSR count). The molecule has 0 saturated carbocycles. The lowest BCUT2D eigenvalue weighted by Gasteiger charge is -2.33. The summed E-state index contributed by atoms with van der Waals surface area (Å²) < 4.78 is 1.83. The van der Waals surface area contributed by atoms with E-state index in [1.165, 1.54) is 6.33 Å². The molecule has 1 aliphatic rings. The second-order valence-electron chi connectivity index (χ2n) is 6.46. The highest BCUT2D eigenvalue weighted by atomic mass is 16.2. The number of anilines is 2. The van der Waals surface area contributed by atoms with Gasteiger partial charge in [0.05, 0.1) is 17.4 Å². The Morgan fingerprint density at radius 1 is 1.12 bits per heavy atom. The summed E-state index contributed by atoms with van der Waals surface area (Å²) in [5.74, 6) is 1.22. The van der Waals surface area contributed by atoms with Crippen LogP contribution in [0.5, 0.6) is 0 Å². The summed E-state index contributed by atoms with van der Waals surface area (Å²) in [7, 11) is 2.11. The van der Waals surface area contributed by atoms with Crippen molar-refractivity contribution in [1.29, 1.82) is 0 Å². The highest BCUT2D eigenvalue weighted by Crippen LogP contribution is 2.16. The topological polar surface area (TPSA) is 79.2 Å². The first-order chi connectivity index (χ1) is 12.7. The molecule has 8 heteroatoms. The van der Waals surface area contributed by atoms with Crippen LogP contribution in [-0.2, 0) is 11.3 Å². The number of imidazole rings is 1.